The monoisotopic (exact) mass is 380 g/mol. The van der Waals surface area contributed by atoms with Gasteiger partial charge in [0.25, 0.3) is 0 Å². The van der Waals surface area contributed by atoms with Crippen molar-refractivity contribution in [2.45, 2.75) is 25.2 Å². The van der Waals surface area contributed by atoms with Crippen LogP contribution in [0.4, 0.5) is 24.9 Å². The summed E-state index contributed by atoms with van der Waals surface area (Å²) in [7, 11) is 5.80. The average molecular weight is 380 g/mol. The Hall–Kier alpha value is -2.42. The van der Waals surface area contributed by atoms with Gasteiger partial charge in [0.05, 0.1) is 0 Å². The van der Waals surface area contributed by atoms with E-state index >= 15 is 0 Å². The Kier molecular flexibility index (Phi) is 5.50. The highest BCUT2D eigenvalue weighted by atomic mass is 19.4. The van der Waals surface area contributed by atoms with E-state index in [0.717, 1.165) is 37.0 Å². The molecule has 1 aliphatic rings. The molecule has 0 aliphatic carbocycles. The Morgan fingerprint density at radius 1 is 1.15 bits per heavy atom. The molecule has 0 N–H and O–H groups in total. The first kappa shape index (κ1) is 19.3. The third kappa shape index (κ3) is 4.65. The summed E-state index contributed by atoms with van der Waals surface area (Å²) < 4.78 is 37.8. The van der Waals surface area contributed by atoms with Crippen LogP contribution >= 0.6 is 0 Å². The Balaban J connectivity index is 1.60. The second-order valence-electron chi connectivity index (χ2n) is 6.95. The number of hydrogen-bond donors (Lipinski definition) is 0. The van der Waals surface area contributed by atoms with Gasteiger partial charge in [-0.25, -0.2) is 4.98 Å². The predicted octanol–water partition coefficient (Wildman–Crippen LogP) is 2.67. The molecule has 0 aromatic carbocycles. The predicted molar refractivity (Wildman–Crippen MR) is 97.7 cm³/mol. The fourth-order valence-electron chi connectivity index (χ4n) is 3.15. The maximum Gasteiger partial charge on any atom is 0.433 e. The molecule has 2 aromatic rings. The van der Waals surface area contributed by atoms with E-state index in [9.17, 15) is 13.2 Å². The van der Waals surface area contributed by atoms with Crippen LogP contribution in [-0.4, -0.2) is 60.1 Å². The zero-order valence-electron chi connectivity index (χ0n) is 15.6. The van der Waals surface area contributed by atoms with Crippen LogP contribution in [0.25, 0.3) is 0 Å². The van der Waals surface area contributed by atoms with Crippen molar-refractivity contribution >= 4 is 11.8 Å². The van der Waals surface area contributed by atoms with E-state index in [0.29, 0.717) is 12.5 Å². The van der Waals surface area contributed by atoms with Gasteiger partial charge in [0.1, 0.15) is 11.5 Å². The van der Waals surface area contributed by atoms with Gasteiger partial charge in [0.15, 0.2) is 0 Å². The van der Waals surface area contributed by atoms with Gasteiger partial charge in [-0.2, -0.15) is 18.2 Å². The van der Waals surface area contributed by atoms with Crippen molar-refractivity contribution in [3.05, 3.63) is 41.9 Å². The molecular weight excluding hydrogens is 357 g/mol. The number of likely N-dealkylation sites (N-methyl/N-ethyl adjacent to an activating group) is 1. The molecule has 1 aliphatic heterocycles. The molecule has 0 saturated carbocycles. The quantitative estimate of drug-likeness (QED) is 0.795. The summed E-state index contributed by atoms with van der Waals surface area (Å²) in [6, 6.07) is 4.71. The summed E-state index contributed by atoms with van der Waals surface area (Å²) in [6.07, 6.45) is -0.378. The standard InChI is InChI=1S/C18H23F3N6/c1-25(2)17-22-8-6-16(24-17)26(3)14-7-9-27(12-14)11-13-4-5-15(23-10-13)18(19,20)21/h4-6,8,10,14H,7,9,11-12H2,1-3H3. The van der Waals surface area contributed by atoms with Crippen LogP contribution in [0.3, 0.4) is 0 Å². The summed E-state index contributed by atoms with van der Waals surface area (Å²) in [5.74, 6) is 1.52. The number of likely N-dealkylation sites (tertiary alicyclic amines) is 1. The Bertz CT molecular complexity index is 762. The second-order valence-corrected chi connectivity index (χ2v) is 6.95. The molecule has 146 valence electrons. The zero-order chi connectivity index (χ0) is 19.6. The maximum absolute atomic E-state index is 12.6. The molecule has 1 atom stereocenters. The third-order valence-electron chi connectivity index (χ3n) is 4.71. The maximum atomic E-state index is 12.6. The summed E-state index contributed by atoms with van der Waals surface area (Å²) in [5.41, 5.74) is -0.0750. The summed E-state index contributed by atoms with van der Waals surface area (Å²) in [5, 5.41) is 0. The minimum absolute atomic E-state index is 0.289. The number of hydrogen-bond acceptors (Lipinski definition) is 6. The summed E-state index contributed by atoms with van der Waals surface area (Å²) >= 11 is 0. The van der Waals surface area contributed by atoms with E-state index < -0.39 is 11.9 Å². The number of nitrogens with zero attached hydrogens (tertiary/aromatic N) is 6. The van der Waals surface area contributed by atoms with Crippen LogP contribution in [-0.2, 0) is 12.7 Å². The fourth-order valence-corrected chi connectivity index (χ4v) is 3.15. The first-order valence-electron chi connectivity index (χ1n) is 8.71. The number of alkyl halides is 3. The van der Waals surface area contributed by atoms with Gasteiger partial charge in [-0.3, -0.25) is 9.88 Å². The molecule has 3 heterocycles. The lowest BCUT2D eigenvalue weighted by Gasteiger charge is -2.26. The van der Waals surface area contributed by atoms with Gasteiger partial charge in [-0.1, -0.05) is 6.07 Å². The second kappa shape index (κ2) is 7.67. The minimum Gasteiger partial charge on any atom is -0.355 e. The number of halogens is 3. The van der Waals surface area contributed by atoms with Gasteiger partial charge >= 0.3 is 6.18 Å². The van der Waals surface area contributed by atoms with E-state index in [1.807, 2.05) is 32.1 Å². The largest absolute Gasteiger partial charge is 0.433 e. The highest BCUT2D eigenvalue weighted by Gasteiger charge is 2.32. The normalized spacial score (nSPS) is 17.9. The number of rotatable bonds is 5. The van der Waals surface area contributed by atoms with Crippen LogP contribution in [0.15, 0.2) is 30.6 Å². The highest BCUT2D eigenvalue weighted by Crippen LogP contribution is 2.28. The van der Waals surface area contributed by atoms with Gasteiger partial charge in [-0.05, 0) is 24.1 Å². The van der Waals surface area contributed by atoms with Crippen molar-refractivity contribution < 1.29 is 13.2 Å². The lowest BCUT2D eigenvalue weighted by Crippen LogP contribution is -2.35. The molecule has 27 heavy (non-hydrogen) atoms. The first-order chi connectivity index (χ1) is 12.7. The molecule has 6 nitrogen and oxygen atoms in total. The fraction of sp³-hybridized carbons (Fsp3) is 0.500. The van der Waals surface area contributed by atoms with Crippen LogP contribution in [0.2, 0.25) is 0 Å². The lowest BCUT2D eigenvalue weighted by molar-refractivity contribution is -0.141. The minimum atomic E-state index is -4.40. The molecule has 0 bridgehead atoms. The third-order valence-corrected chi connectivity index (χ3v) is 4.71. The molecule has 1 saturated heterocycles. The molecule has 0 spiro atoms. The van der Waals surface area contributed by atoms with Crippen molar-refractivity contribution in [2.75, 3.05) is 44.0 Å². The number of pyridine rings is 1. The van der Waals surface area contributed by atoms with E-state index in [2.05, 4.69) is 24.8 Å². The molecule has 3 rings (SSSR count). The van der Waals surface area contributed by atoms with Crippen LogP contribution in [0.5, 0.6) is 0 Å². The van der Waals surface area contributed by atoms with Crippen molar-refractivity contribution in [3.8, 4) is 0 Å². The van der Waals surface area contributed by atoms with E-state index in [1.54, 1.807) is 6.20 Å². The van der Waals surface area contributed by atoms with Crippen molar-refractivity contribution in [3.63, 3.8) is 0 Å². The van der Waals surface area contributed by atoms with Crippen LogP contribution < -0.4 is 9.80 Å². The van der Waals surface area contributed by atoms with Gasteiger partial charge < -0.3 is 9.80 Å². The molecule has 1 fully saturated rings. The van der Waals surface area contributed by atoms with E-state index in [4.69, 9.17) is 0 Å². The number of anilines is 2. The SMILES string of the molecule is CN(C)c1nccc(N(C)C2CCN(Cc3ccc(C(F)(F)F)nc3)C2)n1. The van der Waals surface area contributed by atoms with Crippen molar-refractivity contribution in [2.24, 2.45) is 0 Å². The molecular formula is C18H23F3N6. The van der Waals surface area contributed by atoms with Crippen molar-refractivity contribution in [1.29, 1.82) is 0 Å². The van der Waals surface area contributed by atoms with Crippen LogP contribution in [0.1, 0.15) is 17.7 Å². The van der Waals surface area contributed by atoms with E-state index in [1.165, 1.54) is 12.3 Å². The van der Waals surface area contributed by atoms with E-state index in [-0.39, 0.29) is 6.04 Å². The van der Waals surface area contributed by atoms with Gasteiger partial charge in [0.2, 0.25) is 5.95 Å². The zero-order valence-corrected chi connectivity index (χ0v) is 15.6. The molecule has 0 amide bonds. The van der Waals surface area contributed by atoms with Crippen molar-refractivity contribution in [1.82, 2.24) is 19.9 Å². The van der Waals surface area contributed by atoms with Gasteiger partial charge in [-0.15, -0.1) is 0 Å². The Labute approximate surface area is 156 Å². The molecule has 1 unspecified atom stereocenters. The highest BCUT2D eigenvalue weighted by molar-refractivity contribution is 5.43. The topological polar surface area (TPSA) is 48.4 Å². The molecule has 9 heteroatoms. The summed E-state index contributed by atoms with van der Waals surface area (Å²) in [4.78, 5) is 18.6. The first-order valence-corrected chi connectivity index (χ1v) is 8.71. The Morgan fingerprint density at radius 3 is 2.56 bits per heavy atom. The lowest BCUT2D eigenvalue weighted by atomic mass is 10.2. The summed E-state index contributed by atoms with van der Waals surface area (Å²) in [6.45, 7) is 2.28. The molecule has 2 aromatic heterocycles. The number of aromatic nitrogens is 3. The van der Waals surface area contributed by atoms with Gasteiger partial charge in [0, 0.05) is 59.2 Å². The molecule has 0 radical (unpaired) electrons. The van der Waals surface area contributed by atoms with Crippen LogP contribution in [0, 0.1) is 0 Å². The smallest absolute Gasteiger partial charge is 0.355 e. The average Bonchev–Trinajstić information content (AvgIpc) is 3.09. The Morgan fingerprint density at radius 2 is 1.93 bits per heavy atom.